The first-order valence-corrected chi connectivity index (χ1v) is 12.3. The van der Waals surface area contributed by atoms with Crippen molar-refractivity contribution in [3.8, 4) is 17.3 Å². The molecule has 1 N–H and O–H groups in total. The number of hydrogen-bond acceptors (Lipinski definition) is 5. The van der Waals surface area contributed by atoms with Crippen LogP contribution in [0.15, 0.2) is 66.5 Å². The summed E-state index contributed by atoms with van der Waals surface area (Å²) in [6.07, 6.45) is 0.948. The Balaban J connectivity index is 1.87. The van der Waals surface area contributed by atoms with E-state index in [0.717, 1.165) is 12.3 Å². The van der Waals surface area contributed by atoms with Crippen LogP contribution in [0.4, 0.5) is 17.6 Å². The third-order valence-corrected chi connectivity index (χ3v) is 7.21. The van der Waals surface area contributed by atoms with Crippen LogP contribution in [-0.4, -0.2) is 40.2 Å². The van der Waals surface area contributed by atoms with E-state index in [1.54, 1.807) is 27.5 Å². The molecule has 0 bridgehead atoms. The quantitative estimate of drug-likeness (QED) is 0.256. The summed E-state index contributed by atoms with van der Waals surface area (Å²) >= 11 is 6.64. The minimum Gasteiger partial charge on any atom is -0.275 e. The number of fused-ring (bicyclic) bond motifs is 1. The molecule has 0 fully saturated rings. The lowest BCUT2D eigenvalue weighted by atomic mass is 10.1. The van der Waals surface area contributed by atoms with Crippen molar-refractivity contribution in [3.63, 3.8) is 0 Å². The molecule has 0 aliphatic rings. The lowest BCUT2D eigenvalue weighted by Gasteiger charge is -2.17. The molecule has 13 heteroatoms. The fourth-order valence-electron chi connectivity index (χ4n) is 3.51. The number of pyridine rings is 1. The maximum Gasteiger partial charge on any atom is 0.404 e. The highest BCUT2D eigenvalue weighted by atomic mass is 35.5. The molecular weight excluding hydrogens is 522 g/mol. The summed E-state index contributed by atoms with van der Waals surface area (Å²) in [6, 6.07) is 4.54. The van der Waals surface area contributed by atoms with Gasteiger partial charge in [-0.3, -0.25) is 9.55 Å². The van der Waals surface area contributed by atoms with Crippen LogP contribution in [0.1, 0.15) is 12.5 Å². The van der Waals surface area contributed by atoms with Crippen molar-refractivity contribution in [2.45, 2.75) is 30.5 Å². The summed E-state index contributed by atoms with van der Waals surface area (Å²) in [5.74, 6) is -0.305. The lowest BCUT2D eigenvalue weighted by Crippen LogP contribution is -2.42. The number of benzene rings is 1. The molecule has 36 heavy (non-hydrogen) atoms. The third kappa shape index (κ3) is 4.84. The number of alkyl halides is 3. The second-order valence-corrected chi connectivity index (χ2v) is 9.86. The molecular formula is C23H18ClF4N5O2S. The van der Waals surface area contributed by atoms with Gasteiger partial charge in [-0.25, -0.2) is 22.8 Å². The van der Waals surface area contributed by atoms with Gasteiger partial charge in [0.2, 0.25) is 16.0 Å². The van der Waals surface area contributed by atoms with Crippen molar-refractivity contribution in [2.24, 2.45) is 0 Å². The monoisotopic (exact) mass is 539 g/mol. The van der Waals surface area contributed by atoms with Crippen LogP contribution < -0.4 is 4.72 Å². The van der Waals surface area contributed by atoms with E-state index in [9.17, 15) is 26.0 Å². The molecule has 0 saturated heterocycles. The van der Waals surface area contributed by atoms with Crippen LogP contribution in [0.3, 0.4) is 0 Å². The maximum atomic E-state index is 14.7. The first kappa shape index (κ1) is 25.7. The van der Waals surface area contributed by atoms with E-state index < -0.39 is 33.0 Å². The third-order valence-electron chi connectivity index (χ3n) is 5.30. The Kier molecular flexibility index (Phi) is 6.86. The Morgan fingerprint density at radius 2 is 1.89 bits per heavy atom. The first-order valence-electron chi connectivity index (χ1n) is 10.4. The summed E-state index contributed by atoms with van der Waals surface area (Å²) in [5, 5.41) is 0.442. The number of allylic oxidation sites excluding steroid dienone is 1. The fourth-order valence-corrected chi connectivity index (χ4v) is 5.02. The predicted molar refractivity (Wildman–Crippen MR) is 127 cm³/mol. The van der Waals surface area contributed by atoms with Crippen LogP contribution in [0.5, 0.6) is 0 Å². The molecule has 0 aliphatic carbocycles. The number of sulfonamides is 1. The highest BCUT2D eigenvalue weighted by Gasteiger charge is 2.39. The van der Waals surface area contributed by atoms with Gasteiger partial charge in [-0.05, 0) is 49.2 Å². The topological polar surface area (TPSA) is 89.8 Å². The molecule has 188 valence electrons. The van der Waals surface area contributed by atoms with Gasteiger partial charge < -0.3 is 0 Å². The van der Waals surface area contributed by atoms with Crippen molar-refractivity contribution in [1.29, 1.82) is 0 Å². The molecule has 0 saturated carbocycles. The molecule has 4 aromatic rings. The highest BCUT2D eigenvalue weighted by molar-refractivity contribution is 7.89. The van der Waals surface area contributed by atoms with E-state index >= 15 is 0 Å². The number of aromatic nitrogens is 4. The summed E-state index contributed by atoms with van der Waals surface area (Å²) in [5.41, 5.74) is 1.24. The second-order valence-electron chi connectivity index (χ2n) is 7.76. The summed E-state index contributed by atoms with van der Waals surface area (Å²) < 4.78 is 81.1. The molecule has 0 radical (unpaired) electrons. The average Bonchev–Trinajstić information content (AvgIpc) is 3.10. The predicted octanol–water partition coefficient (Wildman–Crippen LogP) is 5.23. The molecule has 7 nitrogen and oxygen atoms in total. The van der Waals surface area contributed by atoms with Gasteiger partial charge in [0, 0.05) is 24.0 Å². The molecule has 3 heterocycles. The van der Waals surface area contributed by atoms with E-state index in [1.807, 2.05) is 0 Å². The maximum absolute atomic E-state index is 14.7. The smallest absolute Gasteiger partial charge is 0.275 e. The van der Waals surface area contributed by atoms with Gasteiger partial charge in [0.15, 0.2) is 0 Å². The van der Waals surface area contributed by atoms with E-state index in [-0.39, 0.29) is 28.8 Å². The Hall–Kier alpha value is -3.35. The van der Waals surface area contributed by atoms with Crippen LogP contribution in [0, 0.1) is 5.82 Å². The summed E-state index contributed by atoms with van der Waals surface area (Å²) in [6.45, 7) is 4.33. The molecule has 4 rings (SSSR count). The van der Waals surface area contributed by atoms with Crippen LogP contribution in [0.25, 0.3) is 28.2 Å². The van der Waals surface area contributed by atoms with Gasteiger partial charge in [0.25, 0.3) is 0 Å². The molecule has 1 aromatic carbocycles. The van der Waals surface area contributed by atoms with Crippen molar-refractivity contribution < 1.29 is 26.0 Å². The van der Waals surface area contributed by atoms with Crippen molar-refractivity contribution in [1.82, 2.24) is 24.2 Å². The van der Waals surface area contributed by atoms with Crippen LogP contribution in [-0.2, 0) is 16.4 Å². The molecule has 0 unspecified atom stereocenters. The van der Waals surface area contributed by atoms with Gasteiger partial charge in [-0.15, -0.1) is 6.58 Å². The van der Waals surface area contributed by atoms with Crippen molar-refractivity contribution in [3.05, 3.63) is 78.0 Å². The van der Waals surface area contributed by atoms with E-state index in [0.29, 0.717) is 23.4 Å². The number of nitrogens with zero attached hydrogens (tertiary/aromatic N) is 4. The SMILES string of the molecule is C=CCc1cc2c(cc1F)c(Cl)c(-c1ccc(S(=O)(=O)N[C@@H](C)C(F)(F)F)cn1)n2-c1ncccn1. The Labute approximate surface area is 208 Å². The molecule has 3 aromatic heterocycles. The molecule has 0 aliphatic heterocycles. The number of halogens is 5. The Bertz CT molecular complexity index is 1540. The van der Waals surface area contributed by atoms with E-state index in [4.69, 9.17) is 11.6 Å². The van der Waals surface area contributed by atoms with Crippen molar-refractivity contribution >= 4 is 32.5 Å². The molecule has 1 atom stereocenters. The summed E-state index contributed by atoms with van der Waals surface area (Å²) in [4.78, 5) is 12.2. The fraction of sp³-hybridized carbons (Fsp3) is 0.174. The Morgan fingerprint density at radius 3 is 2.47 bits per heavy atom. The zero-order valence-corrected chi connectivity index (χ0v) is 20.2. The van der Waals surface area contributed by atoms with Gasteiger partial charge >= 0.3 is 6.18 Å². The standard InChI is InChI=1S/C23H18ClF4N5O2S/c1-3-5-14-10-19-16(11-17(14)25)20(24)21(33(19)22-29-8-4-9-30-22)18-7-6-15(12-31-18)36(34,35)32-13(2)23(26,27)28/h3-4,6-13,32H,1,5H2,2H3/t13-/m0/s1. The first-order chi connectivity index (χ1) is 16.9. The van der Waals surface area contributed by atoms with Crippen LogP contribution in [0.2, 0.25) is 5.02 Å². The minimum atomic E-state index is -4.76. The number of rotatable bonds is 7. The molecule has 0 spiro atoms. The second kappa shape index (κ2) is 9.60. The van der Waals surface area contributed by atoms with Gasteiger partial charge in [0.05, 0.1) is 21.9 Å². The van der Waals surface area contributed by atoms with E-state index in [2.05, 4.69) is 21.5 Å². The Morgan fingerprint density at radius 1 is 1.19 bits per heavy atom. The number of hydrogen-bond donors (Lipinski definition) is 1. The van der Waals surface area contributed by atoms with Gasteiger partial charge in [-0.2, -0.15) is 17.9 Å². The molecule has 0 amide bonds. The number of nitrogens with one attached hydrogen (secondary N) is 1. The lowest BCUT2D eigenvalue weighted by molar-refractivity contribution is -0.147. The van der Waals surface area contributed by atoms with E-state index in [1.165, 1.54) is 24.5 Å². The highest BCUT2D eigenvalue weighted by Crippen LogP contribution is 2.39. The van der Waals surface area contributed by atoms with Gasteiger partial charge in [-0.1, -0.05) is 17.7 Å². The zero-order chi connectivity index (χ0) is 26.3. The summed E-state index contributed by atoms with van der Waals surface area (Å²) in [7, 11) is -4.51. The largest absolute Gasteiger partial charge is 0.404 e. The zero-order valence-electron chi connectivity index (χ0n) is 18.6. The minimum absolute atomic E-state index is 0.105. The average molecular weight is 540 g/mol. The van der Waals surface area contributed by atoms with Crippen molar-refractivity contribution in [2.75, 3.05) is 0 Å². The normalized spacial score (nSPS) is 13.2. The van der Waals surface area contributed by atoms with Crippen LogP contribution >= 0.6 is 11.6 Å². The van der Waals surface area contributed by atoms with Gasteiger partial charge in [0.1, 0.15) is 16.8 Å².